The molecule has 2 aromatic rings. The van der Waals surface area contributed by atoms with Gasteiger partial charge in [-0.05, 0) is 84.7 Å². The van der Waals surface area contributed by atoms with Crippen molar-refractivity contribution < 1.29 is 17.6 Å². The third-order valence-electron chi connectivity index (χ3n) is 6.03. The van der Waals surface area contributed by atoms with Gasteiger partial charge in [0.2, 0.25) is 0 Å². The van der Waals surface area contributed by atoms with Crippen LogP contribution in [0.1, 0.15) is 42.7 Å². The van der Waals surface area contributed by atoms with E-state index >= 15 is 4.39 Å². The molecule has 136 valence electrons. The van der Waals surface area contributed by atoms with E-state index < -0.39 is 23.3 Å². The van der Waals surface area contributed by atoms with Gasteiger partial charge in [0, 0.05) is 6.07 Å². The zero-order chi connectivity index (χ0) is 18.4. The van der Waals surface area contributed by atoms with Crippen LogP contribution in [0.5, 0.6) is 0 Å². The highest BCUT2D eigenvalue weighted by molar-refractivity contribution is 5.67. The lowest BCUT2D eigenvalue weighted by molar-refractivity contribution is 0.235. The molecule has 2 aromatic carbocycles. The second kappa shape index (κ2) is 6.57. The summed E-state index contributed by atoms with van der Waals surface area (Å²) in [5.74, 6) is -2.08. The van der Waals surface area contributed by atoms with E-state index in [9.17, 15) is 13.2 Å². The van der Waals surface area contributed by atoms with Gasteiger partial charge < -0.3 is 0 Å². The standard InChI is InChI=1S/C22H20F4/c1-2-12-3-5-17-13(7-12)4-6-18-19(17)11-20(25)21(22(18)26)14-8-15(23)10-16(24)9-14/h2,8-13,17H,1,3-7H2. The predicted octanol–water partition coefficient (Wildman–Crippen LogP) is 6.54. The quantitative estimate of drug-likeness (QED) is 0.421. The summed E-state index contributed by atoms with van der Waals surface area (Å²) in [5, 5.41) is 0. The molecule has 0 saturated heterocycles. The fourth-order valence-corrected chi connectivity index (χ4v) is 4.80. The van der Waals surface area contributed by atoms with Gasteiger partial charge >= 0.3 is 0 Å². The lowest BCUT2D eigenvalue weighted by Gasteiger charge is -2.40. The minimum atomic E-state index is -0.848. The van der Waals surface area contributed by atoms with Crippen LogP contribution in [0.15, 0.2) is 36.9 Å². The van der Waals surface area contributed by atoms with Crippen LogP contribution in [0.2, 0.25) is 0 Å². The molecule has 4 heteroatoms. The molecule has 2 aliphatic carbocycles. The summed E-state index contributed by atoms with van der Waals surface area (Å²) in [5.41, 5.74) is 0.807. The van der Waals surface area contributed by atoms with Crippen molar-refractivity contribution in [2.75, 3.05) is 0 Å². The van der Waals surface area contributed by atoms with Crippen LogP contribution in [0, 0.1) is 35.1 Å². The highest BCUT2D eigenvalue weighted by Crippen LogP contribution is 2.49. The van der Waals surface area contributed by atoms with Crippen LogP contribution >= 0.6 is 0 Å². The molecule has 2 aliphatic rings. The molecule has 3 atom stereocenters. The summed E-state index contributed by atoms with van der Waals surface area (Å²) in [4.78, 5) is 0. The fourth-order valence-electron chi connectivity index (χ4n) is 4.80. The predicted molar refractivity (Wildman–Crippen MR) is 93.8 cm³/mol. The molecule has 0 radical (unpaired) electrons. The number of hydrogen-bond acceptors (Lipinski definition) is 0. The number of halogens is 4. The van der Waals surface area contributed by atoms with Gasteiger partial charge in [-0.2, -0.15) is 0 Å². The minimum Gasteiger partial charge on any atom is -0.207 e. The van der Waals surface area contributed by atoms with Gasteiger partial charge in [-0.25, -0.2) is 17.6 Å². The van der Waals surface area contributed by atoms with Gasteiger partial charge in [0.15, 0.2) is 0 Å². The topological polar surface area (TPSA) is 0 Å². The van der Waals surface area contributed by atoms with Crippen molar-refractivity contribution in [2.24, 2.45) is 11.8 Å². The Morgan fingerprint density at radius 2 is 1.65 bits per heavy atom. The SMILES string of the molecule is C=CC1CCC2c3cc(F)c(-c4cc(F)cc(F)c4)c(F)c3CCC2C1. The maximum absolute atomic E-state index is 15.2. The van der Waals surface area contributed by atoms with Gasteiger partial charge in [0.05, 0.1) is 5.56 Å². The van der Waals surface area contributed by atoms with Crippen molar-refractivity contribution >= 4 is 0 Å². The Hall–Kier alpha value is -2.10. The van der Waals surface area contributed by atoms with Crippen LogP contribution in [0.4, 0.5) is 17.6 Å². The van der Waals surface area contributed by atoms with Gasteiger partial charge in [0.1, 0.15) is 23.3 Å². The number of allylic oxidation sites excluding steroid dienone is 1. The first-order chi connectivity index (χ1) is 12.5. The fraction of sp³-hybridized carbons (Fsp3) is 0.364. The molecule has 3 unspecified atom stereocenters. The molecule has 0 amide bonds. The molecular weight excluding hydrogens is 340 g/mol. The Labute approximate surface area is 150 Å². The first kappa shape index (κ1) is 17.3. The third-order valence-corrected chi connectivity index (χ3v) is 6.03. The molecule has 0 N–H and O–H groups in total. The first-order valence-corrected chi connectivity index (χ1v) is 9.07. The smallest absolute Gasteiger partial charge is 0.137 e. The Morgan fingerprint density at radius 1 is 0.923 bits per heavy atom. The molecule has 0 aromatic heterocycles. The zero-order valence-corrected chi connectivity index (χ0v) is 14.4. The molecule has 26 heavy (non-hydrogen) atoms. The Balaban J connectivity index is 1.79. The molecule has 1 fully saturated rings. The molecule has 4 rings (SSSR count). The molecule has 0 heterocycles. The van der Waals surface area contributed by atoms with Crippen molar-refractivity contribution in [2.45, 2.75) is 38.0 Å². The summed E-state index contributed by atoms with van der Waals surface area (Å²) in [6.45, 7) is 3.87. The molecule has 0 spiro atoms. The highest BCUT2D eigenvalue weighted by atomic mass is 19.1. The number of fused-ring (bicyclic) bond motifs is 3. The summed E-state index contributed by atoms with van der Waals surface area (Å²) in [7, 11) is 0. The minimum absolute atomic E-state index is 0.0993. The molecule has 1 saturated carbocycles. The van der Waals surface area contributed by atoms with Crippen molar-refractivity contribution in [3.8, 4) is 11.1 Å². The lowest BCUT2D eigenvalue weighted by atomic mass is 9.65. The second-order valence-corrected chi connectivity index (χ2v) is 7.49. The summed E-state index contributed by atoms with van der Waals surface area (Å²) >= 11 is 0. The maximum Gasteiger partial charge on any atom is 0.137 e. The summed E-state index contributed by atoms with van der Waals surface area (Å²) < 4.78 is 57.0. The van der Waals surface area contributed by atoms with E-state index in [2.05, 4.69) is 6.58 Å². The van der Waals surface area contributed by atoms with Crippen molar-refractivity contribution in [1.82, 2.24) is 0 Å². The van der Waals surface area contributed by atoms with Crippen LogP contribution in [-0.2, 0) is 6.42 Å². The molecule has 0 aliphatic heterocycles. The zero-order valence-electron chi connectivity index (χ0n) is 14.4. The van der Waals surface area contributed by atoms with Gasteiger partial charge in [-0.15, -0.1) is 6.58 Å². The largest absolute Gasteiger partial charge is 0.207 e. The summed E-state index contributed by atoms with van der Waals surface area (Å²) in [6.07, 6.45) is 6.23. The van der Waals surface area contributed by atoms with Crippen LogP contribution < -0.4 is 0 Å². The maximum atomic E-state index is 15.2. The highest BCUT2D eigenvalue weighted by Gasteiger charge is 2.37. The second-order valence-electron chi connectivity index (χ2n) is 7.49. The van der Waals surface area contributed by atoms with Crippen LogP contribution in [0.25, 0.3) is 11.1 Å². The average molecular weight is 360 g/mol. The van der Waals surface area contributed by atoms with Crippen LogP contribution in [-0.4, -0.2) is 0 Å². The first-order valence-electron chi connectivity index (χ1n) is 9.07. The Bertz CT molecular complexity index is 851. The number of hydrogen-bond donors (Lipinski definition) is 0. The lowest BCUT2D eigenvalue weighted by Crippen LogP contribution is -2.28. The number of rotatable bonds is 2. The molecule has 0 bridgehead atoms. The van der Waals surface area contributed by atoms with Crippen molar-refractivity contribution in [3.63, 3.8) is 0 Å². The van der Waals surface area contributed by atoms with E-state index in [-0.39, 0.29) is 17.0 Å². The van der Waals surface area contributed by atoms with Gasteiger partial charge in [0.25, 0.3) is 0 Å². The summed E-state index contributed by atoms with van der Waals surface area (Å²) in [6, 6.07) is 4.03. The van der Waals surface area contributed by atoms with E-state index in [1.165, 1.54) is 6.07 Å². The van der Waals surface area contributed by atoms with Gasteiger partial charge in [-0.1, -0.05) is 6.08 Å². The van der Waals surface area contributed by atoms with E-state index in [4.69, 9.17) is 0 Å². The van der Waals surface area contributed by atoms with E-state index in [1.807, 2.05) is 6.08 Å². The van der Waals surface area contributed by atoms with Gasteiger partial charge in [-0.3, -0.25) is 0 Å². The van der Waals surface area contributed by atoms with E-state index in [0.29, 0.717) is 29.9 Å². The molecular formula is C22H20F4. The average Bonchev–Trinajstić information content (AvgIpc) is 2.60. The monoisotopic (exact) mass is 360 g/mol. The normalized spacial score (nSPS) is 24.7. The molecule has 0 nitrogen and oxygen atoms in total. The number of benzene rings is 2. The van der Waals surface area contributed by atoms with E-state index in [0.717, 1.165) is 43.4 Å². The Morgan fingerprint density at radius 3 is 2.35 bits per heavy atom. The van der Waals surface area contributed by atoms with E-state index in [1.54, 1.807) is 0 Å². The van der Waals surface area contributed by atoms with Crippen molar-refractivity contribution in [3.05, 3.63) is 71.3 Å². The Kier molecular flexibility index (Phi) is 4.37. The van der Waals surface area contributed by atoms with Crippen LogP contribution in [0.3, 0.4) is 0 Å². The third kappa shape index (κ3) is 2.85. The van der Waals surface area contributed by atoms with Crippen molar-refractivity contribution in [1.29, 1.82) is 0 Å².